The van der Waals surface area contributed by atoms with Crippen molar-refractivity contribution in [3.63, 3.8) is 0 Å². The van der Waals surface area contributed by atoms with Gasteiger partial charge in [0.2, 0.25) is 0 Å². The molecule has 8 heavy (non-hydrogen) atoms. The van der Waals surface area contributed by atoms with Crippen LogP contribution in [-0.4, -0.2) is 19.1 Å². The van der Waals surface area contributed by atoms with E-state index in [-0.39, 0.29) is 5.54 Å². The molecule has 0 aromatic heterocycles. The molecule has 0 heterocycles. The normalized spacial score (nSPS) is 18.0. The molecule has 0 rings (SSSR count). The highest BCUT2D eigenvalue weighted by atomic mass is 14.9. The van der Waals surface area contributed by atoms with Crippen molar-refractivity contribution < 1.29 is 0 Å². The fourth-order valence-electron chi connectivity index (χ4n) is 0.423. The molecule has 0 fully saturated rings. The van der Waals surface area contributed by atoms with Crippen LogP contribution < -0.4 is 11.1 Å². The molecular formula is C6H16N2. The van der Waals surface area contributed by atoms with Crippen molar-refractivity contribution in [1.82, 2.24) is 5.32 Å². The molecule has 0 aliphatic rings. The Morgan fingerprint density at radius 3 is 2.12 bits per heavy atom. The molecule has 0 amide bonds. The summed E-state index contributed by atoms with van der Waals surface area (Å²) in [4.78, 5) is 0. The molecule has 1 atom stereocenters. The topological polar surface area (TPSA) is 38.0 Å². The predicted molar refractivity (Wildman–Crippen MR) is 36.8 cm³/mol. The molecule has 2 nitrogen and oxygen atoms in total. The van der Waals surface area contributed by atoms with Crippen LogP contribution in [-0.2, 0) is 0 Å². The van der Waals surface area contributed by atoms with Gasteiger partial charge in [0, 0.05) is 12.1 Å². The third-order valence-corrected chi connectivity index (χ3v) is 1.83. The van der Waals surface area contributed by atoms with Gasteiger partial charge in [-0.25, -0.2) is 0 Å². The standard InChI is InChI=1S/C6H16N2/c1-4-6(2,5-7)8-3/h8H,4-5,7H2,1-3H3. The van der Waals surface area contributed by atoms with Crippen molar-refractivity contribution in [3.8, 4) is 0 Å². The highest BCUT2D eigenvalue weighted by molar-refractivity contribution is 4.79. The van der Waals surface area contributed by atoms with E-state index in [1.54, 1.807) is 0 Å². The van der Waals surface area contributed by atoms with Crippen LogP contribution in [0.5, 0.6) is 0 Å². The number of rotatable bonds is 3. The molecule has 0 aromatic carbocycles. The smallest absolute Gasteiger partial charge is 0.0270 e. The third kappa shape index (κ3) is 1.80. The van der Waals surface area contributed by atoms with E-state index in [0.717, 1.165) is 6.42 Å². The lowest BCUT2D eigenvalue weighted by Gasteiger charge is -2.25. The lowest BCUT2D eigenvalue weighted by Crippen LogP contribution is -2.45. The first kappa shape index (κ1) is 7.92. The lowest BCUT2D eigenvalue weighted by atomic mass is 10.0. The highest BCUT2D eigenvalue weighted by Crippen LogP contribution is 2.03. The van der Waals surface area contributed by atoms with Gasteiger partial charge in [0.1, 0.15) is 0 Å². The fraction of sp³-hybridized carbons (Fsp3) is 1.00. The van der Waals surface area contributed by atoms with Gasteiger partial charge in [-0.15, -0.1) is 0 Å². The minimum atomic E-state index is 0.153. The first-order valence-corrected chi connectivity index (χ1v) is 3.07. The predicted octanol–water partition coefficient (Wildman–Crippen LogP) is 0.333. The van der Waals surface area contributed by atoms with Crippen LogP contribution in [0.3, 0.4) is 0 Å². The second-order valence-corrected chi connectivity index (χ2v) is 2.37. The summed E-state index contributed by atoms with van der Waals surface area (Å²) < 4.78 is 0. The largest absolute Gasteiger partial charge is 0.329 e. The number of hydrogen-bond donors (Lipinski definition) is 2. The van der Waals surface area contributed by atoms with Gasteiger partial charge in [-0.1, -0.05) is 6.92 Å². The minimum absolute atomic E-state index is 0.153. The Bertz CT molecular complexity index is 49.3. The van der Waals surface area contributed by atoms with Gasteiger partial charge < -0.3 is 11.1 Å². The second-order valence-electron chi connectivity index (χ2n) is 2.37. The van der Waals surface area contributed by atoms with Gasteiger partial charge in [-0.05, 0) is 20.4 Å². The molecule has 1 unspecified atom stereocenters. The molecule has 0 spiro atoms. The summed E-state index contributed by atoms with van der Waals surface area (Å²) in [6.07, 6.45) is 1.08. The maximum Gasteiger partial charge on any atom is 0.0270 e. The number of nitrogens with two attached hydrogens (primary N) is 1. The zero-order valence-electron chi connectivity index (χ0n) is 5.99. The summed E-state index contributed by atoms with van der Waals surface area (Å²) >= 11 is 0. The Kier molecular flexibility index (Phi) is 3.02. The van der Waals surface area contributed by atoms with Gasteiger partial charge in [0.25, 0.3) is 0 Å². The van der Waals surface area contributed by atoms with E-state index in [9.17, 15) is 0 Å². The van der Waals surface area contributed by atoms with Gasteiger partial charge in [-0.2, -0.15) is 0 Å². The summed E-state index contributed by atoms with van der Waals surface area (Å²) in [6.45, 7) is 4.95. The van der Waals surface area contributed by atoms with Crippen molar-refractivity contribution in [2.45, 2.75) is 25.8 Å². The fourth-order valence-corrected chi connectivity index (χ4v) is 0.423. The second kappa shape index (κ2) is 3.05. The van der Waals surface area contributed by atoms with Crippen LogP contribution in [0.2, 0.25) is 0 Å². The van der Waals surface area contributed by atoms with Crippen LogP contribution in [0.4, 0.5) is 0 Å². The van der Waals surface area contributed by atoms with Gasteiger partial charge in [-0.3, -0.25) is 0 Å². The van der Waals surface area contributed by atoms with Crippen LogP contribution in [0.1, 0.15) is 20.3 Å². The van der Waals surface area contributed by atoms with Crippen molar-refractivity contribution in [2.24, 2.45) is 5.73 Å². The van der Waals surface area contributed by atoms with Crippen molar-refractivity contribution in [3.05, 3.63) is 0 Å². The zero-order valence-corrected chi connectivity index (χ0v) is 5.99. The van der Waals surface area contributed by atoms with E-state index in [1.807, 2.05) is 7.05 Å². The lowest BCUT2D eigenvalue weighted by molar-refractivity contribution is 0.382. The van der Waals surface area contributed by atoms with Crippen LogP contribution in [0.25, 0.3) is 0 Å². The molecule has 0 radical (unpaired) electrons. The Morgan fingerprint density at radius 2 is 2.12 bits per heavy atom. The zero-order chi connectivity index (χ0) is 6.62. The molecule has 0 aliphatic carbocycles. The Balaban J connectivity index is 3.58. The number of likely N-dealkylation sites (N-methyl/N-ethyl adjacent to an activating group) is 1. The van der Waals surface area contributed by atoms with Crippen molar-refractivity contribution in [2.75, 3.05) is 13.6 Å². The number of hydrogen-bond acceptors (Lipinski definition) is 2. The molecule has 0 saturated carbocycles. The molecular weight excluding hydrogens is 100 g/mol. The Labute approximate surface area is 51.5 Å². The minimum Gasteiger partial charge on any atom is -0.329 e. The molecule has 0 aromatic rings. The van der Waals surface area contributed by atoms with E-state index in [4.69, 9.17) is 5.73 Å². The molecule has 50 valence electrons. The average Bonchev–Trinajstić information content (AvgIpc) is 1.87. The first-order chi connectivity index (χ1) is 3.68. The summed E-state index contributed by atoms with van der Waals surface area (Å²) in [7, 11) is 1.94. The molecule has 0 saturated heterocycles. The van der Waals surface area contributed by atoms with Crippen molar-refractivity contribution >= 4 is 0 Å². The quantitative estimate of drug-likeness (QED) is 0.558. The van der Waals surface area contributed by atoms with Gasteiger partial charge in [0.05, 0.1) is 0 Å². The Morgan fingerprint density at radius 1 is 1.62 bits per heavy atom. The van der Waals surface area contributed by atoms with E-state index < -0.39 is 0 Å². The average molecular weight is 116 g/mol. The SMILES string of the molecule is CCC(C)(CN)NC. The summed E-state index contributed by atoms with van der Waals surface area (Å²) in [5.74, 6) is 0. The summed E-state index contributed by atoms with van der Waals surface area (Å²) in [6, 6.07) is 0. The maximum absolute atomic E-state index is 5.47. The van der Waals surface area contributed by atoms with Gasteiger partial charge in [0.15, 0.2) is 0 Å². The third-order valence-electron chi connectivity index (χ3n) is 1.83. The first-order valence-electron chi connectivity index (χ1n) is 3.07. The van der Waals surface area contributed by atoms with E-state index in [2.05, 4.69) is 19.2 Å². The van der Waals surface area contributed by atoms with E-state index in [0.29, 0.717) is 6.54 Å². The summed E-state index contributed by atoms with van der Waals surface area (Å²) in [5, 5.41) is 3.15. The molecule has 0 aliphatic heterocycles. The van der Waals surface area contributed by atoms with Crippen molar-refractivity contribution in [1.29, 1.82) is 0 Å². The van der Waals surface area contributed by atoms with Crippen LogP contribution >= 0.6 is 0 Å². The maximum atomic E-state index is 5.47. The van der Waals surface area contributed by atoms with Gasteiger partial charge >= 0.3 is 0 Å². The monoisotopic (exact) mass is 116 g/mol. The van der Waals surface area contributed by atoms with E-state index in [1.165, 1.54) is 0 Å². The molecule has 2 heteroatoms. The van der Waals surface area contributed by atoms with Crippen LogP contribution in [0, 0.1) is 0 Å². The molecule has 3 N–H and O–H groups in total. The van der Waals surface area contributed by atoms with Crippen LogP contribution in [0.15, 0.2) is 0 Å². The van der Waals surface area contributed by atoms with E-state index >= 15 is 0 Å². The molecule has 0 bridgehead atoms. The Hall–Kier alpha value is -0.0800. The highest BCUT2D eigenvalue weighted by Gasteiger charge is 2.15. The summed E-state index contributed by atoms with van der Waals surface area (Å²) in [5.41, 5.74) is 5.62. The number of nitrogens with one attached hydrogen (secondary N) is 1.